The predicted molar refractivity (Wildman–Crippen MR) is 277 cm³/mol. The van der Waals surface area contributed by atoms with Crippen LogP contribution in [0.2, 0.25) is 0 Å². The molecular weight excluding hydrogens is 973 g/mol. The number of amides is 2. The van der Waals surface area contributed by atoms with Crippen molar-refractivity contribution in [3.63, 3.8) is 0 Å². The Hall–Kier alpha value is -6.74. The molecular formula is C54H66N6O11S2. The maximum Gasteiger partial charge on any atom is 0.407 e. The summed E-state index contributed by atoms with van der Waals surface area (Å²) in [5.74, 6) is -0.0453. The van der Waals surface area contributed by atoms with Gasteiger partial charge in [-0.1, -0.05) is 119 Å². The van der Waals surface area contributed by atoms with Crippen LogP contribution in [0, 0.1) is 11.8 Å². The van der Waals surface area contributed by atoms with Gasteiger partial charge < -0.3 is 35.4 Å². The van der Waals surface area contributed by atoms with Gasteiger partial charge in [-0.05, 0) is 84.3 Å². The van der Waals surface area contributed by atoms with Crippen LogP contribution in [-0.2, 0) is 55.6 Å². The number of hydrogen-bond donors (Lipinski definition) is 5. The molecule has 0 bridgehead atoms. The Bertz CT molecular complexity index is 2780. The summed E-state index contributed by atoms with van der Waals surface area (Å²) in [5.41, 5.74) is 3.18. The van der Waals surface area contributed by atoms with Gasteiger partial charge in [0, 0.05) is 62.1 Å². The van der Waals surface area contributed by atoms with E-state index in [0.717, 1.165) is 16.7 Å². The third-order valence-electron chi connectivity index (χ3n) is 11.1. The first kappa shape index (κ1) is 57.2. The van der Waals surface area contributed by atoms with Crippen molar-refractivity contribution in [3.05, 3.63) is 187 Å². The Balaban J connectivity index is 0.000000271. The first-order chi connectivity index (χ1) is 34.9. The third kappa shape index (κ3) is 19.0. The van der Waals surface area contributed by atoms with Crippen LogP contribution in [-0.4, -0.2) is 113 Å². The topological polar surface area (TPSA) is 238 Å². The average Bonchev–Trinajstić information content (AvgIpc) is 3.38. The van der Waals surface area contributed by atoms with Crippen LogP contribution in [0.1, 0.15) is 49.9 Å². The van der Waals surface area contributed by atoms with Crippen LogP contribution in [0.25, 0.3) is 0 Å². The lowest BCUT2D eigenvalue weighted by atomic mass is 10.0. The maximum absolute atomic E-state index is 13.4. The molecule has 0 spiro atoms. The molecule has 19 heteroatoms. The highest BCUT2D eigenvalue weighted by molar-refractivity contribution is 7.89. The number of hydrogen-bond acceptors (Lipinski definition) is 13. The molecule has 0 fully saturated rings. The van der Waals surface area contributed by atoms with E-state index < -0.39 is 56.5 Å². The van der Waals surface area contributed by atoms with Crippen LogP contribution < -0.4 is 10.6 Å². The molecule has 4 atom stereocenters. The first-order valence-electron chi connectivity index (χ1n) is 23.8. The van der Waals surface area contributed by atoms with Crippen molar-refractivity contribution in [2.75, 3.05) is 26.2 Å². The Morgan fingerprint density at radius 2 is 0.863 bits per heavy atom. The number of carbonyl (C=O) groups is 2. The molecule has 73 heavy (non-hydrogen) atoms. The van der Waals surface area contributed by atoms with E-state index in [0.29, 0.717) is 12.0 Å². The Labute approximate surface area is 429 Å². The lowest BCUT2D eigenvalue weighted by molar-refractivity contribution is 0.0872. The van der Waals surface area contributed by atoms with Gasteiger partial charge in [0.25, 0.3) is 0 Å². The number of benzene rings is 4. The second kappa shape index (κ2) is 28.5. The summed E-state index contributed by atoms with van der Waals surface area (Å²) in [6.07, 6.45) is 3.12. The van der Waals surface area contributed by atoms with Gasteiger partial charge in [-0.2, -0.15) is 8.61 Å². The fourth-order valence-corrected chi connectivity index (χ4v) is 10.8. The summed E-state index contributed by atoms with van der Waals surface area (Å²) in [5, 5.41) is 37.4. The summed E-state index contributed by atoms with van der Waals surface area (Å²) < 4.78 is 66.6. The summed E-state index contributed by atoms with van der Waals surface area (Å²) in [7, 11) is -7.83. The molecule has 390 valence electrons. The number of nitrogens with zero attached hydrogens (tertiary/aromatic N) is 4. The summed E-state index contributed by atoms with van der Waals surface area (Å²) in [4.78, 5) is 33.4. The highest BCUT2D eigenvalue weighted by atomic mass is 32.2. The Morgan fingerprint density at radius 1 is 0.507 bits per heavy atom. The lowest BCUT2D eigenvalue weighted by Crippen LogP contribution is -2.51. The second-order valence-electron chi connectivity index (χ2n) is 18.1. The van der Waals surface area contributed by atoms with E-state index in [-0.39, 0.29) is 73.2 Å². The van der Waals surface area contributed by atoms with Crippen molar-refractivity contribution in [1.82, 2.24) is 29.2 Å². The van der Waals surface area contributed by atoms with E-state index in [9.17, 15) is 41.7 Å². The minimum atomic E-state index is -3.98. The molecule has 0 unspecified atom stereocenters. The van der Waals surface area contributed by atoms with Gasteiger partial charge in [0.1, 0.15) is 19.0 Å². The van der Waals surface area contributed by atoms with Crippen LogP contribution in [0.5, 0.6) is 5.75 Å². The van der Waals surface area contributed by atoms with Crippen molar-refractivity contribution in [2.45, 2.75) is 87.8 Å². The molecule has 0 aliphatic carbocycles. The Morgan fingerprint density at radius 3 is 1.22 bits per heavy atom. The summed E-state index contributed by atoms with van der Waals surface area (Å²) in [6.45, 7) is 7.55. The standard InChI is InChI=1S/C27H33N3O6S.C27H33N3O5S/c1-20(2)17-30(37(34,35)24-12-10-23(31)11-13-24)18-26(32)25(15-21-7-4-3-5-8-21)29-27(33)36-19-22-9-6-14-28-16-22;1-21(2)18-30(36(33,34)24-13-7-4-8-14-24)19-26(31)25(16-22-10-5-3-6-11-22)29-27(32)35-20-23-12-9-15-28-17-23/h3-14,16,20,25-26,31-32H,15,17-19H2,1-2H3,(H,29,33);3-15,17,21,25-26,31H,16,18-20H2,1-2H3,(H,29,32)/t2*25-,26+/m00/s1. The molecule has 0 saturated carbocycles. The van der Waals surface area contributed by atoms with Gasteiger partial charge >= 0.3 is 12.2 Å². The van der Waals surface area contributed by atoms with Gasteiger partial charge in [0.15, 0.2) is 0 Å². The molecule has 0 radical (unpaired) electrons. The predicted octanol–water partition coefficient (Wildman–Crippen LogP) is 6.96. The number of aromatic nitrogens is 2. The normalized spacial score (nSPS) is 13.3. The number of alkyl carbamates (subject to hydrolysis) is 2. The Kier molecular flexibility index (Phi) is 22.3. The number of nitrogens with one attached hydrogen (secondary N) is 2. The van der Waals surface area contributed by atoms with Crippen molar-refractivity contribution in [2.24, 2.45) is 11.8 Å². The number of aromatic hydroxyl groups is 1. The number of rotatable bonds is 24. The van der Waals surface area contributed by atoms with E-state index in [2.05, 4.69) is 20.6 Å². The lowest BCUT2D eigenvalue weighted by Gasteiger charge is -2.30. The molecule has 6 rings (SSSR count). The smallest absolute Gasteiger partial charge is 0.407 e. The molecule has 2 heterocycles. The fourth-order valence-electron chi connectivity index (χ4n) is 7.49. The quantitative estimate of drug-likeness (QED) is 0.0413. The molecule has 2 amide bonds. The summed E-state index contributed by atoms with van der Waals surface area (Å²) in [6, 6.07) is 37.5. The monoisotopic (exact) mass is 1040 g/mol. The van der Waals surface area contributed by atoms with E-state index in [4.69, 9.17) is 9.47 Å². The van der Waals surface area contributed by atoms with Gasteiger partial charge in [0.05, 0.1) is 34.1 Å². The van der Waals surface area contributed by atoms with Crippen molar-refractivity contribution in [1.29, 1.82) is 0 Å². The molecule has 0 aliphatic rings. The van der Waals surface area contributed by atoms with Crippen LogP contribution in [0.15, 0.2) is 174 Å². The third-order valence-corrected chi connectivity index (χ3v) is 14.8. The van der Waals surface area contributed by atoms with Gasteiger partial charge in [0.2, 0.25) is 20.0 Å². The highest BCUT2D eigenvalue weighted by Gasteiger charge is 2.33. The number of phenols is 1. The fraction of sp³-hybridized carbons (Fsp3) is 0.333. The maximum atomic E-state index is 13.4. The number of pyridine rings is 2. The molecule has 0 saturated heterocycles. The molecule has 17 nitrogen and oxygen atoms in total. The zero-order chi connectivity index (χ0) is 52.8. The molecule has 6 aromatic rings. The number of phenolic OH excluding ortho intramolecular Hbond substituents is 1. The zero-order valence-electron chi connectivity index (χ0n) is 41.4. The van der Waals surface area contributed by atoms with Crippen LogP contribution >= 0.6 is 0 Å². The van der Waals surface area contributed by atoms with Gasteiger partial charge in [-0.25, -0.2) is 26.4 Å². The van der Waals surface area contributed by atoms with Crippen LogP contribution in [0.3, 0.4) is 0 Å². The van der Waals surface area contributed by atoms with E-state index >= 15 is 0 Å². The van der Waals surface area contributed by atoms with Gasteiger partial charge in [-0.15, -0.1) is 0 Å². The molecule has 4 aromatic carbocycles. The van der Waals surface area contributed by atoms with Gasteiger partial charge in [-0.3, -0.25) is 9.97 Å². The number of sulfonamides is 2. The van der Waals surface area contributed by atoms with Crippen LogP contribution in [0.4, 0.5) is 9.59 Å². The number of ether oxygens (including phenoxy) is 2. The zero-order valence-corrected chi connectivity index (χ0v) is 43.1. The highest BCUT2D eigenvalue weighted by Crippen LogP contribution is 2.22. The van der Waals surface area contributed by atoms with E-state index in [1.807, 2.05) is 88.4 Å². The van der Waals surface area contributed by atoms with Crippen molar-refractivity contribution < 1.29 is 51.2 Å². The molecule has 0 aliphatic heterocycles. The SMILES string of the molecule is CC(C)CN(C[C@@H](O)[C@H](Cc1ccccc1)NC(=O)OCc1cccnc1)S(=O)(=O)c1ccc(O)cc1.CC(C)CN(C[C@@H](O)[C@H](Cc1ccccc1)NC(=O)OCc1cccnc1)S(=O)(=O)c1ccccc1. The van der Waals surface area contributed by atoms with E-state index in [1.54, 1.807) is 67.3 Å². The van der Waals surface area contributed by atoms with Crippen molar-refractivity contribution >= 4 is 32.2 Å². The second-order valence-corrected chi connectivity index (χ2v) is 22.0. The largest absolute Gasteiger partial charge is 0.508 e. The first-order valence-corrected chi connectivity index (χ1v) is 26.7. The molecule has 5 N–H and O–H groups in total. The minimum absolute atomic E-state index is 0.00148. The number of aliphatic hydroxyl groups is 2. The van der Waals surface area contributed by atoms with Crippen molar-refractivity contribution in [3.8, 4) is 5.75 Å². The minimum Gasteiger partial charge on any atom is -0.508 e. The number of aliphatic hydroxyl groups excluding tert-OH is 2. The summed E-state index contributed by atoms with van der Waals surface area (Å²) >= 11 is 0. The number of carbonyl (C=O) groups excluding carboxylic acids is 2. The average molecular weight is 1040 g/mol. The van der Waals surface area contributed by atoms with E-state index in [1.165, 1.54) is 45.0 Å². The molecule has 2 aromatic heterocycles.